The molecule has 3 saturated heterocycles. The smallest absolute Gasteiger partial charge is 0.334 e. The van der Waals surface area contributed by atoms with Crippen LogP contribution in [0.5, 0.6) is 0 Å². The zero-order valence-electron chi connectivity index (χ0n) is 17.5. The lowest BCUT2D eigenvalue weighted by atomic mass is 9.92. The van der Waals surface area contributed by atoms with Crippen LogP contribution in [-0.4, -0.2) is 54.1 Å². The maximum absolute atomic E-state index is 13.0. The quantitative estimate of drug-likeness (QED) is 0.567. The number of ether oxygens (including phenoxy) is 5. The van der Waals surface area contributed by atoms with Crippen molar-refractivity contribution in [3.05, 3.63) is 35.9 Å². The molecule has 8 heteroatoms. The van der Waals surface area contributed by atoms with E-state index in [4.69, 9.17) is 28.5 Å². The molecule has 0 amide bonds. The van der Waals surface area contributed by atoms with Crippen LogP contribution >= 0.6 is 0 Å². The van der Waals surface area contributed by atoms with Crippen molar-refractivity contribution in [2.45, 2.75) is 82.8 Å². The lowest BCUT2D eigenvalue weighted by Crippen LogP contribution is -2.61. The number of carbonyl (C=O) groups excluding carboxylic acids is 1. The van der Waals surface area contributed by atoms with Crippen molar-refractivity contribution >= 4 is 5.97 Å². The van der Waals surface area contributed by atoms with E-state index in [1.165, 1.54) is 0 Å². The summed E-state index contributed by atoms with van der Waals surface area (Å²) in [5, 5.41) is 0. The molecule has 8 nitrogen and oxygen atoms in total. The number of hydrogen-bond acceptors (Lipinski definition) is 8. The Balaban J connectivity index is 1.53. The first-order valence-corrected chi connectivity index (χ1v) is 9.89. The molecule has 0 unspecified atom stereocenters. The van der Waals surface area contributed by atoms with Crippen LogP contribution < -0.4 is 5.48 Å². The van der Waals surface area contributed by atoms with E-state index in [1.54, 1.807) is 13.8 Å². The van der Waals surface area contributed by atoms with E-state index in [1.807, 2.05) is 51.1 Å². The van der Waals surface area contributed by atoms with Gasteiger partial charge in [0.25, 0.3) is 0 Å². The van der Waals surface area contributed by atoms with Crippen molar-refractivity contribution in [3.8, 4) is 0 Å². The van der Waals surface area contributed by atoms with Gasteiger partial charge >= 0.3 is 5.97 Å². The van der Waals surface area contributed by atoms with E-state index >= 15 is 0 Å². The number of hydrogen-bond donors (Lipinski definition) is 1. The second-order valence-corrected chi connectivity index (χ2v) is 9.14. The Morgan fingerprint density at radius 1 is 1.10 bits per heavy atom. The normalized spacial score (nSPS) is 35.4. The Morgan fingerprint density at radius 2 is 1.83 bits per heavy atom. The zero-order chi connectivity index (χ0) is 20.9. The van der Waals surface area contributed by atoms with Gasteiger partial charge in [0.05, 0.1) is 18.8 Å². The maximum atomic E-state index is 13.0. The molecule has 0 bridgehead atoms. The molecule has 3 aliphatic heterocycles. The first-order valence-electron chi connectivity index (χ1n) is 9.89. The molecule has 0 aliphatic carbocycles. The summed E-state index contributed by atoms with van der Waals surface area (Å²) in [6.07, 6.45) is -2.38. The van der Waals surface area contributed by atoms with Gasteiger partial charge in [0.15, 0.2) is 29.8 Å². The van der Waals surface area contributed by atoms with E-state index in [0.717, 1.165) is 5.56 Å². The topological polar surface area (TPSA) is 84.5 Å². The molecule has 29 heavy (non-hydrogen) atoms. The predicted molar refractivity (Wildman–Crippen MR) is 101 cm³/mol. The van der Waals surface area contributed by atoms with Gasteiger partial charge < -0.3 is 23.7 Å². The fraction of sp³-hybridized carbons (Fsp3) is 0.667. The van der Waals surface area contributed by atoms with Crippen molar-refractivity contribution in [2.24, 2.45) is 0 Å². The highest BCUT2D eigenvalue weighted by Crippen LogP contribution is 2.46. The van der Waals surface area contributed by atoms with E-state index in [9.17, 15) is 4.79 Å². The third kappa shape index (κ3) is 4.05. The number of rotatable bonds is 6. The SMILES string of the molecule is CC(C)(C)OC[C@@]1(NOCc2ccccc2)C(=O)O[C@@H]2[C@H]3OC(C)(C)O[C@H]3O[C@@H]21. The van der Waals surface area contributed by atoms with Crippen LogP contribution in [0.4, 0.5) is 0 Å². The van der Waals surface area contributed by atoms with Crippen LogP contribution in [0.2, 0.25) is 0 Å². The summed E-state index contributed by atoms with van der Waals surface area (Å²) in [6.45, 7) is 9.66. The summed E-state index contributed by atoms with van der Waals surface area (Å²) < 4.78 is 29.5. The number of nitrogens with one attached hydrogen (secondary N) is 1. The fourth-order valence-electron chi connectivity index (χ4n) is 3.77. The molecule has 1 N–H and O–H groups in total. The average Bonchev–Trinajstić information content (AvgIpc) is 3.20. The molecule has 4 rings (SSSR count). The molecule has 1 aromatic rings. The Kier molecular flexibility index (Phi) is 5.21. The molecular weight excluding hydrogens is 378 g/mol. The molecule has 0 aromatic heterocycles. The second kappa shape index (κ2) is 7.30. The summed E-state index contributed by atoms with van der Waals surface area (Å²) >= 11 is 0. The van der Waals surface area contributed by atoms with Crippen LogP contribution in [0.3, 0.4) is 0 Å². The molecule has 160 valence electrons. The molecule has 0 radical (unpaired) electrons. The highest BCUT2D eigenvalue weighted by molar-refractivity contribution is 5.85. The lowest BCUT2D eigenvalue weighted by molar-refractivity contribution is -0.222. The Labute approximate surface area is 170 Å². The Hall–Kier alpha value is -1.55. The number of fused-ring (bicyclic) bond motifs is 3. The van der Waals surface area contributed by atoms with E-state index in [-0.39, 0.29) is 13.2 Å². The molecule has 3 heterocycles. The lowest BCUT2D eigenvalue weighted by Gasteiger charge is -2.33. The number of benzene rings is 1. The standard InChI is InChI=1S/C21H29NO7/c1-19(2,3)24-12-21(22-25-11-13-9-7-6-8-10-13)16-14(26-18(21)23)15-17(27-16)29-20(4,5)28-15/h6-10,14-17,22H,11-12H2,1-5H3/t14-,15-,16+,17-,21+/m1/s1. The third-order valence-corrected chi connectivity index (χ3v) is 5.15. The first kappa shape index (κ1) is 20.7. The van der Waals surface area contributed by atoms with Gasteiger partial charge in [-0.15, -0.1) is 0 Å². The van der Waals surface area contributed by atoms with Crippen LogP contribution in [0.25, 0.3) is 0 Å². The van der Waals surface area contributed by atoms with Gasteiger partial charge in [0.1, 0.15) is 6.10 Å². The summed E-state index contributed by atoms with van der Waals surface area (Å²) in [7, 11) is 0. The molecule has 1 aromatic carbocycles. The fourth-order valence-corrected chi connectivity index (χ4v) is 3.77. The van der Waals surface area contributed by atoms with E-state index in [0.29, 0.717) is 0 Å². The van der Waals surface area contributed by atoms with E-state index in [2.05, 4.69) is 5.48 Å². The minimum absolute atomic E-state index is 0.0219. The highest BCUT2D eigenvalue weighted by atomic mass is 16.8. The van der Waals surface area contributed by atoms with Crippen LogP contribution in [0, 0.1) is 0 Å². The van der Waals surface area contributed by atoms with Crippen molar-refractivity contribution in [2.75, 3.05) is 6.61 Å². The van der Waals surface area contributed by atoms with E-state index < -0.39 is 47.5 Å². The van der Waals surface area contributed by atoms with Gasteiger partial charge in [0, 0.05) is 0 Å². The second-order valence-electron chi connectivity index (χ2n) is 9.14. The predicted octanol–water partition coefficient (Wildman–Crippen LogP) is 2.06. The Bertz CT molecular complexity index is 747. The first-order chi connectivity index (χ1) is 13.6. The molecule has 0 saturated carbocycles. The average molecular weight is 407 g/mol. The molecule has 5 atom stereocenters. The van der Waals surface area contributed by atoms with Gasteiger partial charge in [-0.05, 0) is 40.2 Å². The zero-order valence-corrected chi connectivity index (χ0v) is 17.5. The molecule has 0 spiro atoms. The number of esters is 1. The minimum atomic E-state index is -1.33. The summed E-state index contributed by atoms with van der Waals surface area (Å²) in [4.78, 5) is 18.7. The van der Waals surface area contributed by atoms with Crippen LogP contribution in [0.1, 0.15) is 40.2 Å². The number of carbonyl (C=O) groups is 1. The molecule has 3 fully saturated rings. The summed E-state index contributed by atoms with van der Waals surface area (Å²) in [5.41, 5.74) is 2.09. The van der Waals surface area contributed by atoms with Gasteiger partial charge in [-0.2, -0.15) is 5.48 Å². The number of hydroxylamine groups is 1. The van der Waals surface area contributed by atoms with Gasteiger partial charge in [-0.1, -0.05) is 30.3 Å². The van der Waals surface area contributed by atoms with Gasteiger partial charge in [-0.3, -0.25) is 4.84 Å². The van der Waals surface area contributed by atoms with Crippen LogP contribution in [0.15, 0.2) is 30.3 Å². The third-order valence-electron chi connectivity index (χ3n) is 5.15. The van der Waals surface area contributed by atoms with Gasteiger partial charge in [0.2, 0.25) is 0 Å². The van der Waals surface area contributed by atoms with Crippen molar-refractivity contribution in [1.82, 2.24) is 5.48 Å². The molecule has 3 aliphatic rings. The Morgan fingerprint density at radius 3 is 2.52 bits per heavy atom. The highest BCUT2D eigenvalue weighted by Gasteiger charge is 2.70. The summed E-state index contributed by atoms with van der Waals surface area (Å²) in [5.74, 6) is -1.28. The van der Waals surface area contributed by atoms with Crippen molar-refractivity contribution < 1.29 is 33.3 Å². The van der Waals surface area contributed by atoms with Gasteiger partial charge in [-0.25, -0.2) is 4.79 Å². The monoisotopic (exact) mass is 407 g/mol. The summed E-state index contributed by atoms with van der Waals surface area (Å²) in [6, 6.07) is 9.66. The van der Waals surface area contributed by atoms with Crippen molar-refractivity contribution in [3.63, 3.8) is 0 Å². The molecular formula is C21H29NO7. The maximum Gasteiger partial charge on any atom is 0.334 e. The minimum Gasteiger partial charge on any atom is -0.455 e. The largest absolute Gasteiger partial charge is 0.455 e. The van der Waals surface area contributed by atoms with Crippen molar-refractivity contribution in [1.29, 1.82) is 0 Å². The van der Waals surface area contributed by atoms with Crippen LogP contribution in [-0.2, 0) is 39.9 Å².